The van der Waals surface area contributed by atoms with Crippen molar-refractivity contribution in [2.75, 3.05) is 0 Å². The van der Waals surface area contributed by atoms with E-state index in [0.29, 0.717) is 29.4 Å². The molecule has 5 aromatic rings. The van der Waals surface area contributed by atoms with Gasteiger partial charge < -0.3 is 10.2 Å². The third-order valence-electron chi connectivity index (χ3n) is 9.32. The van der Waals surface area contributed by atoms with E-state index in [0.717, 1.165) is 24.0 Å². The van der Waals surface area contributed by atoms with Crippen molar-refractivity contribution in [3.8, 4) is 5.75 Å². The first kappa shape index (κ1) is 32.0. The van der Waals surface area contributed by atoms with Crippen molar-refractivity contribution in [1.82, 2.24) is 0 Å². The highest BCUT2D eigenvalue weighted by atomic mass is 16.3. The number of aromatic hydroxyl groups is 1. The minimum absolute atomic E-state index is 0.344. The van der Waals surface area contributed by atoms with Crippen LogP contribution in [0.3, 0.4) is 0 Å². The second-order valence-electron chi connectivity index (χ2n) is 12.1. The average molecular weight is 573 g/mol. The fourth-order valence-electron chi connectivity index (χ4n) is 5.81. The summed E-state index contributed by atoms with van der Waals surface area (Å²) in [5, 5.41) is 22.2. The van der Waals surface area contributed by atoms with E-state index in [-0.39, 0.29) is 0 Å². The van der Waals surface area contributed by atoms with Crippen molar-refractivity contribution in [1.29, 1.82) is 0 Å². The first-order chi connectivity index (χ1) is 20.7. The second kappa shape index (κ2) is 15.0. The molecular formula is C41H48O2. The molecule has 1 aliphatic carbocycles. The van der Waals surface area contributed by atoms with Crippen LogP contribution < -0.4 is 0 Å². The van der Waals surface area contributed by atoms with Gasteiger partial charge in [0, 0.05) is 0 Å². The molecule has 5 unspecified atom stereocenters. The average Bonchev–Trinajstić information content (AvgIpc) is 3.31. The van der Waals surface area contributed by atoms with Crippen molar-refractivity contribution in [3.63, 3.8) is 0 Å². The zero-order valence-electron chi connectivity index (χ0n) is 26.7. The molecule has 6 rings (SSSR count). The lowest BCUT2D eigenvalue weighted by atomic mass is 9.94. The van der Waals surface area contributed by atoms with Gasteiger partial charge in [-0.3, -0.25) is 0 Å². The van der Waals surface area contributed by atoms with Crippen LogP contribution in [0.1, 0.15) is 118 Å². The minimum Gasteiger partial charge on any atom is -0.508 e. The smallest absolute Gasteiger partial charge is 0.115 e. The zero-order chi connectivity index (χ0) is 30.9. The van der Waals surface area contributed by atoms with Crippen molar-refractivity contribution in [2.24, 2.45) is 0 Å². The fourth-order valence-corrected chi connectivity index (χ4v) is 5.81. The van der Waals surface area contributed by atoms with Gasteiger partial charge in [0.25, 0.3) is 0 Å². The molecule has 0 aliphatic heterocycles. The molecule has 0 fully saturated rings. The molecule has 2 nitrogen and oxygen atoms in total. The van der Waals surface area contributed by atoms with Crippen molar-refractivity contribution < 1.29 is 10.2 Å². The van der Waals surface area contributed by atoms with Crippen LogP contribution in [0.5, 0.6) is 5.75 Å². The van der Waals surface area contributed by atoms with E-state index in [4.69, 9.17) is 5.11 Å². The van der Waals surface area contributed by atoms with Gasteiger partial charge in [0.05, 0.1) is 0 Å². The molecule has 0 amide bonds. The summed E-state index contributed by atoms with van der Waals surface area (Å²) in [5.74, 6) is 2.87. The van der Waals surface area contributed by atoms with Crippen molar-refractivity contribution in [3.05, 3.63) is 149 Å². The predicted octanol–water partition coefficient (Wildman–Crippen LogP) is 11.2. The summed E-state index contributed by atoms with van der Waals surface area (Å²) >= 11 is 0. The molecule has 0 saturated carbocycles. The van der Waals surface area contributed by atoms with Crippen LogP contribution in [0.15, 0.2) is 115 Å². The lowest BCUT2D eigenvalue weighted by molar-refractivity contribution is 0.220. The molecule has 1 aliphatic rings. The van der Waals surface area contributed by atoms with Crippen LogP contribution in [0.4, 0.5) is 0 Å². The summed E-state index contributed by atoms with van der Waals surface area (Å²) in [7, 11) is 0. The second-order valence-corrected chi connectivity index (χ2v) is 12.1. The summed E-state index contributed by atoms with van der Waals surface area (Å²) in [6, 6.07) is 38.8. The van der Waals surface area contributed by atoms with Crippen LogP contribution in [-0.2, 0) is 0 Å². The Morgan fingerprint density at radius 1 is 0.535 bits per heavy atom. The van der Waals surface area contributed by atoms with E-state index < -0.39 is 6.10 Å². The van der Waals surface area contributed by atoms with E-state index in [9.17, 15) is 5.11 Å². The zero-order valence-corrected chi connectivity index (χ0v) is 26.7. The molecule has 0 heterocycles. The van der Waals surface area contributed by atoms with E-state index in [1.54, 1.807) is 12.1 Å². The predicted molar refractivity (Wildman–Crippen MR) is 183 cm³/mol. The molecule has 0 spiro atoms. The van der Waals surface area contributed by atoms with Gasteiger partial charge >= 0.3 is 0 Å². The summed E-state index contributed by atoms with van der Waals surface area (Å²) in [6.45, 7) is 13.4. The molecule has 5 aromatic carbocycles. The Kier molecular flexibility index (Phi) is 11.2. The fraction of sp³-hybridized carbons (Fsp3) is 0.317. The van der Waals surface area contributed by atoms with Gasteiger partial charge in [0.1, 0.15) is 11.9 Å². The van der Waals surface area contributed by atoms with Gasteiger partial charge in [-0.15, -0.1) is 0 Å². The maximum absolute atomic E-state index is 10.3. The lowest BCUT2D eigenvalue weighted by Gasteiger charge is -2.14. The minimum atomic E-state index is -0.530. The molecule has 224 valence electrons. The number of aliphatic hydroxyl groups excluding tert-OH is 1. The highest BCUT2D eigenvalue weighted by Gasteiger charge is 2.27. The quantitative estimate of drug-likeness (QED) is 0.212. The third kappa shape index (κ3) is 7.75. The first-order valence-electron chi connectivity index (χ1n) is 15.9. The Morgan fingerprint density at radius 2 is 0.953 bits per heavy atom. The maximum Gasteiger partial charge on any atom is 0.115 e. The van der Waals surface area contributed by atoms with E-state index in [1.165, 1.54) is 33.0 Å². The van der Waals surface area contributed by atoms with E-state index in [1.807, 2.05) is 54.6 Å². The van der Waals surface area contributed by atoms with E-state index in [2.05, 4.69) is 90.1 Å². The van der Waals surface area contributed by atoms with Gasteiger partial charge in [-0.05, 0) is 92.8 Å². The van der Waals surface area contributed by atoms with Crippen LogP contribution in [0.25, 0.3) is 10.8 Å². The number of phenols is 1. The lowest BCUT2D eigenvalue weighted by Crippen LogP contribution is -2.00. The standard InChI is InChI=1S/C17H20O.C14H14.C10H14O/c1-3-13(2)14-9-11-16(12-10-14)17(18)15-7-5-4-6-8-15;1-9-10(2)13-8-4-6-11-5-3-7-12(9)14(11)13;1-3-8(2)9-4-6-10(11)7-5-9/h4-13,17-18H,3H2,1-2H3;3-10H,1-2H3;4-8,11H,3H2,1-2H3. The number of phenolic OH excluding ortho intramolecular Hbond substituents is 1. The summed E-state index contributed by atoms with van der Waals surface area (Å²) < 4.78 is 0. The molecule has 0 bridgehead atoms. The highest BCUT2D eigenvalue weighted by molar-refractivity contribution is 5.92. The van der Waals surface area contributed by atoms with Gasteiger partial charge in [0.2, 0.25) is 0 Å². The monoisotopic (exact) mass is 572 g/mol. The summed E-state index contributed by atoms with van der Waals surface area (Å²) in [6.07, 6.45) is 1.75. The Labute approximate surface area is 259 Å². The number of rotatable bonds is 6. The highest BCUT2D eigenvalue weighted by Crippen LogP contribution is 2.45. The molecule has 2 N–H and O–H groups in total. The first-order valence-corrected chi connectivity index (χ1v) is 15.9. The largest absolute Gasteiger partial charge is 0.508 e. The van der Waals surface area contributed by atoms with Crippen LogP contribution in [0, 0.1) is 0 Å². The molecule has 0 aromatic heterocycles. The van der Waals surface area contributed by atoms with Crippen LogP contribution in [0.2, 0.25) is 0 Å². The summed E-state index contributed by atoms with van der Waals surface area (Å²) in [4.78, 5) is 0. The van der Waals surface area contributed by atoms with Gasteiger partial charge in [-0.1, -0.05) is 145 Å². The Balaban J connectivity index is 0.000000152. The normalized spacial score (nSPS) is 17.2. The Bertz CT molecular complexity index is 1510. The Morgan fingerprint density at radius 3 is 1.42 bits per heavy atom. The summed E-state index contributed by atoms with van der Waals surface area (Å²) in [5.41, 5.74) is 7.59. The molecule has 0 saturated heterocycles. The molecule has 2 heteroatoms. The van der Waals surface area contributed by atoms with Gasteiger partial charge in [0.15, 0.2) is 0 Å². The van der Waals surface area contributed by atoms with E-state index >= 15 is 0 Å². The topological polar surface area (TPSA) is 40.5 Å². The molecular weight excluding hydrogens is 524 g/mol. The SMILES string of the molecule is CC1c2cccc3cccc(c23)C1C.CCC(C)c1ccc(C(O)c2ccccc2)cc1.CCC(C)c1ccc(O)cc1. The third-order valence-corrected chi connectivity index (χ3v) is 9.32. The van der Waals surface area contributed by atoms with Crippen LogP contribution >= 0.6 is 0 Å². The number of aliphatic hydroxyl groups is 1. The number of benzene rings is 5. The Hall–Kier alpha value is -3.88. The molecule has 43 heavy (non-hydrogen) atoms. The molecule has 0 radical (unpaired) electrons. The van der Waals surface area contributed by atoms with Gasteiger partial charge in [-0.2, -0.15) is 0 Å². The van der Waals surface area contributed by atoms with Gasteiger partial charge in [-0.25, -0.2) is 0 Å². The van der Waals surface area contributed by atoms with Crippen molar-refractivity contribution >= 4 is 10.8 Å². The number of hydrogen-bond donors (Lipinski definition) is 2. The van der Waals surface area contributed by atoms with Crippen LogP contribution in [-0.4, -0.2) is 10.2 Å². The maximum atomic E-state index is 10.3. The number of hydrogen-bond acceptors (Lipinski definition) is 2. The molecule has 5 atom stereocenters. The van der Waals surface area contributed by atoms with Crippen molar-refractivity contribution in [2.45, 2.75) is 84.2 Å².